The minimum atomic E-state index is -0.489. The molecule has 30 heavy (non-hydrogen) atoms. The molecule has 0 saturated carbocycles. The number of alkyl carbamates (subject to hydrolysis) is 1. The van der Waals surface area contributed by atoms with E-state index < -0.39 is 6.09 Å². The highest BCUT2D eigenvalue weighted by molar-refractivity contribution is 5.91. The van der Waals surface area contributed by atoms with Crippen LogP contribution in [0.25, 0.3) is 0 Å². The van der Waals surface area contributed by atoms with Gasteiger partial charge in [0.05, 0.1) is 12.7 Å². The predicted molar refractivity (Wildman–Crippen MR) is 114 cm³/mol. The fourth-order valence-corrected chi connectivity index (χ4v) is 3.33. The van der Waals surface area contributed by atoms with Gasteiger partial charge in [-0.05, 0) is 24.1 Å². The first kappa shape index (κ1) is 21.2. The van der Waals surface area contributed by atoms with Crippen LogP contribution in [0.5, 0.6) is 0 Å². The molecule has 0 aliphatic rings. The smallest absolute Gasteiger partial charge is 0.407 e. The third kappa shape index (κ3) is 5.50. The van der Waals surface area contributed by atoms with E-state index in [-0.39, 0.29) is 12.6 Å². The van der Waals surface area contributed by atoms with Crippen molar-refractivity contribution in [2.45, 2.75) is 26.5 Å². The fourth-order valence-electron chi connectivity index (χ4n) is 3.33. The minimum Gasteiger partial charge on any atom is -0.465 e. The molecular formula is C24H26N2O4. The number of benzene rings is 2. The molecule has 0 bridgehead atoms. The minimum absolute atomic E-state index is 0.212. The average Bonchev–Trinajstić information content (AvgIpc) is 3.08. The maximum atomic E-state index is 12.3. The molecule has 0 aliphatic heterocycles. The van der Waals surface area contributed by atoms with E-state index in [1.165, 1.54) is 7.11 Å². The highest BCUT2D eigenvalue weighted by Crippen LogP contribution is 2.19. The summed E-state index contributed by atoms with van der Waals surface area (Å²) in [7, 11) is 1.37. The van der Waals surface area contributed by atoms with Crippen molar-refractivity contribution < 1.29 is 19.1 Å². The fraction of sp³-hybridized carbons (Fsp3) is 0.250. The maximum absolute atomic E-state index is 12.3. The number of aryl methyl sites for hydroxylation is 1. The number of aromatic nitrogens is 1. The first-order valence-electron chi connectivity index (χ1n) is 9.84. The predicted octanol–water partition coefficient (Wildman–Crippen LogP) is 4.10. The van der Waals surface area contributed by atoms with Crippen LogP contribution < -0.4 is 5.32 Å². The summed E-state index contributed by atoms with van der Waals surface area (Å²) in [6.45, 7) is 3.15. The van der Waals surface area contributed by atoms with E-state index in [0.29, 0.717) is 25.1 Å². The van der Waals surface area contributed by atoms with Gasteiger partial charge in [-0.25, -0.2) is 9.59 Å². The van der Waals surface area contributed by atoms with Gasteiger partial charge in [0.2, 0.25) is 0 Å². The molecule has 0 unspecified atom stereocenters. The summed E-state index contributed by atoms with van der Waals surface area (Å²) in [5, 5.41) is 2.76. The Labute approximate surface area is 176 Å². The largest absolute Gasteiger partial charge is 0.465 e. The van der Waals surface area contributed by atoms with Gasteiger partial charge in [-0.1, -0.05) is 60.7 Å². The van der Waals surface area contributed by atoms with Crippen molar-refractivity contribution in [1.82, 2.24) is 9.88 Å². The zero-order valence-electron chi connectivity index (χ0n) is 17.3. The van der Waals surface area contributed by atoms with E-state index in [0.717, 1.165) is 22.5 Å². The summed E-state index contributed by atoms with van der Waals surface area (Å²) in [4.78, 5) is 24.3. The Balaban J connectivity index is 1.65. The van der Waals surface area contributed by atoms with Crippen LogP contribution in [-0.2, 0) is 29.0 Å². The van der Waals surface area contributed by atoms with Crippen LogP contribution in [-0.4, -0.2) is 30.3 Å². The van der Waals surface area contributed by atoms with E-state index in [1.807, 2.05) is 73.7 Å². The highest BCUT2D eigenvalue weighted by Gasteiger charge is 2.19. The molecule has 0 spiro atoms. The number of hydrogen-bond acceptors (Lipinski definition) is 4. The van der Waals surface area contributed by atoms with Crippen molar-refractivity contribution in [3.05, 3.63) is 94.8 Å². The standard InChI is InChI=1S/C24H26N2O4/c1-18-15-21(23(27)29-2)22(26(18)16-19-9-5-3-6-10-19)13-14-25-24(28)30-17-20-11-7-4-8-12-20/h3-12,15H,13-14,16-17H2,1-2H3,(H,25,28). The second-order valence-corrected chi connectivity index (χ2v) is 6.95. The van der Waals surface area contributed by atoms with Gasteiger partial charge in [0.15, 0.2) is 0 Å². The first-order chi connectivity index (χ1) is 14.6. The Morgan fingerprint density at radius 2 is 1.60 bits per heavy atom. The zero-order valence-corrected chi connectivity index (χ0v) is 17.3. The van der Waals surface area contributed by atoms with Crippen LogP contribution in [0.1, 0.15) is 32.9 Å². The molecule has 6 nitrogen and oxygen atoms in total. The number of amides is 1. The lowest BCUT2D eigenvalue weighted by atomic mass is 10.1. The number of nitrogens with zero attached hydrogens (tertiary/aromatic N) is 1. The Morgan fingerprint density at radius 3 is 2.23 bits per heavy atom. The molecule has 1 heterocycles. The van der Waals surface area contributed by atoms with Crippen molar-refractivity contribution in [3.63, 3.8) is 0 Å². The van der Waals surface area contributed by atoms with E-state index in [9.17, 15) is 9.59 Å². The number of hydrogen-bond donors (Lipinski definition) is 1. The second-order valence-electron chi connectivity index (χ2n) is 6.95. The van der Waals surface area contributed by atoms with Gasteiger partial charge >= 0.3 is 12.1 Å². The molecule has 1 amide bonds. The zero-order chi connectivity index (χ0) is 21.3. The lowest BCUT2D eigenvalue weighted by Gasteiger charge is -2.14. The molecule has 6 heteroatoms. The third-order valence-corrected chi connectivity index (χ3v) is 4.85. The Kier molecular flexibility index (Phi) is 7.27. The summed E-state index contributed by atoms with van der Waals surface area (Å²) in [5.41, 5.74) is 4.36. The number of rotatable bonds is 8. The topological polar surface area (TPSA) is 69.6 Å². The third-order valence-electron chi connectivity index (χ3n) is 4.85. The molecule has 2 aromatic carbocycles. The van der Waals surface area contributed by atoms with Crippen LogP contribution in [0.15, 0.2) is 66.7 Å². The van der Waals surface area contributed by atoms with Gasteiger partial charge in [-0.15, -0.1) is 0 Å². The Morgan fingerprint density at radius 1 is 0.967 bits per heavy atom. The Hall–Kier alpha value is -3.54. The van der Waals surface area contributed by atoms with Crippen LogP contribution in [0.4, 0.5) is 4.79 Å². The summed E-state index contributed by atoms with van der Waals surface area (Å²) in [6.07, 6.45) is -0.0118. The van der Waals surface area contributed by atoms with Gasteiger partial charge < -0.3 is 19.4 Å². The second kappa shape index (κ2) is 10.3. The lowest BCUT2D eigenvalue weighted by molar-refractivity contribution is 0.0599. The number of nitrogens with one attached hydrogen (secondary N) is 1. The molecule has 3 rings (SSSR count). The van der Waals surface area contributed by atoms with E-state index in [1.54, 1.807) is 0 Å². The van der Waals surface area contributed by atoms with E-state index in [2.05, 4.69) is 9.88 Å². The number of carbonyl (C=O) groups is 2. The molecular weight excluding hydrogens is 380 g/mol. The summed E-state index contributed by atoms with van der Waals surface area (Å²) < 4.78 is 12.3. The molecule has 1 aromatic heterocycles. The van der Waals surface area contributed by atoms with Crippen LogP contribution >= 0.6 is 0 Å². The van der Waals surface area contributed by atoms with Crippen molar-refractivity contribution in [1.29, 1.82) is 0 Å². The average molecular weight is 406 g/mol. The van der Waals surface area contributed by atoms with Crippen molar-refractivity contribution in [3.8, 4) is 0 Å². The summed E-state index contributed by atoms with van der Waals surface area (Å²) >= 11 is 0. The molecule has 0 atom stereocenters. The lowest BCUT2D eigenvalue weighted by Crippen LogP contribution is -2.27. The number of esters is 1. The quantitative estimate of drug-likeness (QED) is 0.572. The highest BCUT2D eigenvalue weighted by atomic mass is 16.5. The van der Waals surface area contributed by atoms with Gasteiger partial charge in [-0.3, -0.25) is 0 Å². The number of ether oxygens (including phenoxy) is 2. The van der Waals surface area contributed by atoms with Gasteiger partial charge in [0.1, 0.15) is 6.61 Å². The van der Waals surface area contributed by atoms with E-state index in [4.69, 9.17) is 9.47 Å². The van der Waals surface area contributed by atoms with Crippen molar-refractivity contribution in [2.24, 2.45) is 0 Å². The molecule has 1 N–H and O–H groups in total. The number of carbonyl (C=O) groups excluding carboxylic acids is 2. The summed E-state index contributed by atoms with van der Waals surface area (Å²) in [5.74, 6) is -0.383. The molecule has 0 saturated heterocycles. The maximum Gasteiger partial charge on any atom is 0.407 e. The van der Waals surface area contributed by atoms with Crippen molar-refractivity contribution in [2.75, 3.05) is 13.7 Å². The summed E-state index contributed by atoms with van der Waals surface area (Å²) in [6, 6.07) is 21.4. The van der Waals surface area contributed by atoms with Crippen LogP contribution in [0.2, 0.25) is 0 Å². The van der Waals surface area contributed by atoms with Gasteiger partial charge in [-0.2, -0.15) is 0 Å². The molecule has 3 aromatic rings. The Bertz CT molecular complexity index is 981. The first-order valence-corrected chi connectivity index (χ1v) is 9.84. The molecule has 0 fully saturated rings. The SMILES string of the molecule is COC(=O)c1cc(C)n(Cc2ccccc2)c1CCNC(=O)OCc1ccccc1. The van der Waals surface area contributed by atoms with Gasteiger partial charge in [0.25, 0.3) is 0 Å². The van der Waals surface area contributed by atoms with Crippen LogP contribution in [0.3, 0.4) is 0 Å². The van der Waals surface area contributed by atoms with Crippen LogP contribution in [0, 0.1) is 6.92 Å². The van der Waals surface area contributed by atoms with E-state index >= 15 is 0 Å². The molecule has 156 valence electrons. The van der Waals surface area contributed by atoms with Crippen molar-refractivity contribution >= 4 is 12.1 Å². The van der Waals surface area contributed by atoms with Gasteiger partial charge in [0, 0.05) is 30.9 Å². The normalized spacial score (nSPS) is 10.5. The number of methoxy groups -OCH3 is 1. The molecule has 0 radical (unpaired) electrons. The monoisotopic (exact) mass is 406 g/mol. The molecule has 0 aliphatic carbocycles.